The van der Waals surface area contributed by atoms with Gasteiger partial charge in [0.15, 0.2) is 0 Å². The molecule has 1 heterocycles. The van der Waals surface area contributed by atoms with Gasteiger partial charge in [-0.15, -0.1) is 0 Å². The molecule has 25 heavy (non-hydrogen) atoms. The summed E-state index contributed by atoms with van der Waals surface area (Å²) in [5, 5.41) is 7.38. The number of hydrogen-bond acceptors (Lipinski definition) is 2. The zero-order chi connectivity index (χ0) is 17.5. The molecule has 0 saturated heterocycles. The minimum atomic E-state index is 0.0501. The van der Waals surface area contributed by atoms with Crippen molar-refractivity contribution in [2.24, 2.45) is 0 Å². The normalized spacial score (nSPS) is 11.9. The number of hydrogen-bond donors (Lipinski definition) is 1. The van der Waals surface area contributed by atoms with Crippen LogP contribution in [-0.4, -0.2) is 15.7 Å². The molecule has 1 amide bonds. The van der Waals surface area contributed by atoms with E-state index >= 15 is 0 Å². The average Bonchev–Trinajstić information content (AvgIpc) is 3.17. The van der Waals surface area contributed by atoms with Crippen LogP contribution in [0, 0.1) is 0 Å². The van der Waals surface area contributed by atoms with E-state index in [1.54, 1.807) is 10.9 Å². The van der Waals surface area contributed by atoms with Crippen LogP contribution in [0.2, 0.25) is 0 Å². The first-order valence-corrected chi connectivity index (χ1v) is 8.69. The van der Waals surface area contributed by atoms with Crippen LogP contribution in [0.3, 0.4) is 0 Å². The second-order valence-electron chi connectivity index (χ2n) is 6.11. The Morgan fingerprint density at radius 2 is 1.84 bits per heavy atom. The Morgan fingerprint density at radius 1 is 1.08 bits per heavy atom. The van der Waals surface area contributed by atoms with Crippen molar-refractivity contribution in [1.29, 1.82) is 0 Å². The molecular weight excluding hydrogens is 310 g/mol. The SMILES string of the molecule is CCCC(NC(=O)Cc1ccc(-n2cccn2)cc1)c1ccccc1. The van der Waals surface area contributed by atoms with Crippen LogP contribution >= 0.6 is 0 Å². The lowest BCUT2D eigenvalue weighted by Crippen LogP contribution is -2.29. The summed E-state index contributed by atoms with van der Waals surface area (Å²) in [4.78, 5) is 12.5. The predicted octanol–water partition coefficient (Wildman–Crippen LogP) is 4.07. The van der Waals surface area contributed by atoms with Crippen molar-refractivity contribution < 1.29 is 4.79 Å². The van der Waals surface area contributed by atoms with Crippen LogP contribution in [0.5, 0.6) is 0 Å². The molecule has 4 nitrogen and oxygen atoms in total. The Balaban J connectivity index is 1.63. The standard InChI is InChI=1S/C21H23N3O/c1-2-7-20(18-8-4-3-5-9-18)23-21(25)16-17-10-12-19(13-11-17)24-15-6-14-22-24/h3-6,8-15,20H,2,7,16H2,1H3,(H,23,25). The van der Waals surface area contributed by atoms with Crippen molar-refractivity contribution in [3.63, 3.8) is 0 Å². The lowest BCUT2D eigenvalue weighted by Gasteiger charge is -2.18. The lowest BCUT2D eigenvalue weighted by molar-refractivity contribution is -0.121. The Kier molecular flexibility index (Phi) is 5.62. The van der Waals surface area contributed by atoms with E-state index in [2.05, 4.69) is 29.5 Å². The molecule has 0 aliphatic carbocycles. The maximum absolute atomic E-state index is 12.5. The summed E-state index contributed by atoms with van der Waals surface area (Å²) < 4.78 is 1.80. The van der Waals surface area contributed by atoms with Gasteiger partial charge in [-0.05, 0) is 35.7 Å². The lowest BCUT2D eigenvalue weighted by atomic mass is 10.0. The van der Waals surface area contributed by atoms with Crippen LogP contribution in [0.15, 0.2) is 73.1 Å². The van der Waals surface area contributed by atoms with Crippen LogP contribution in [-0.2, 0) is 11.2 Å². The number of amides is 1. The molecular formula is C21H23N3O. The largest absolute Gasteiger partial charge is 0.349 e. The van der Waals surface area contributed by atoms with Gasteiger partial charge < -0.3 is 5.32 Å². The molecule has 0 radical (unpaired) electrons. The molecule has 4 heteroatoms. The van der Waals surface area contributed by atoms with E-state index in [0.29, 0.717) is 6.42 Å². The number of carbonyl (C=O) groups is 1. The van der Waals surface area contributed by atoms with E-state index in [4.69, 9.17) is 0 Å². The summed E-state index contributed by atoms with van der Waals surface area (Å²) in [6.07, 6.45) is 5.99. The molecule has 0 bridgehead atoms. The first kappa shape index (κ1) is 17.0. The third-order valence-electron chi connectivity index (χ3n) is 4.18. The summed E-state index contributed by atoms with van der Waals surface area (Å²) in [5.41, 5.74) is 3.14. The Labute approximate surface area is 148 Å². The number of nitrogens with one attached hydrogen (secondary N) is 1. The van der Waals surface area contributed by atoms with Crippen LogP contribution in [0.4, 0.5) is 0 Å². The van der Waals surface area contributed by atoms with Gasteiger partial charge in [-0.1, -0.05) is 55.8 Å². The van der Waals surface area contributed by atoms with Gasteiger partial charge in [0.25, 0.3) is 0 Å². The maximum atomic E-state index is 12.5. The number of nitrogens with zero attached hydrogens (tertiary/aromatic N) is 2. The molecule has 1 aromatic heterocycles. The first-order valence-electron chi connectivity index (χ1n) is 8.69. The number of aromatic nitrogens is 2. The molecule has 3 rings (SSSR count). The zero-order valence-corrected chi connectivity index (χ0v) is 14.4. The fourth-order valence-electron chi connectivity index (χ4n) is 2.92. The molecule has 1 atom stereocenters. The Morgan fingerprint density at radius 3 is 2.48 bits per heavy atom. The molecule has 3 aromatic rings. The smallest absolute Gasteiger partial charge is 0.224 e. The summed E-state index contributed by atoms with van der Waals surface area (Å²) in [5.74, 6) is 0.0501. The van der Waals surface area contributed by atoms with Crippen LogP contribution in [0.25, 0.3) is 5.69 Å². The van der Waals surface area contributed by atoms with Crippen molar-refractivity contribution >= 4 is 5.91 Å². The fourth-order valence-corrected chi connectivity index (χ4v) is 2.92. The van der Waals surface area contributed by atoms with Gasteiger partial charge >= 0.3 is 0 Å². The molecule has 1 N–H and O–H groups in total. The quantitative estimate of drug-likeness (QED) is 0.708. The maximum Gasteiger partial charge on any atom is 0.224 e. The van der Waals surface area contributed by atoms with E-state index in [1.807, 2.05) is 54.7 Å². The van der Waals surface area contributed by atoms with Gasteiger partial charge in [0.05, 0.1) is 18.2 Å². The highest BCUT2D eigenvalue weighted by Gasteiger charge is 2.13. The summed E-state index contributed by atoms with van der Waals surface area (Å²) in [6.45, 7) is 2.14. The summed E-state index contributed by atoms with van der Waals surface area (Å²) >= 11 is 0. The van der Waals surface area contributed by atoms with Crippen LogP contribution < -0.4 is 5.32 Å². The number of rotatable bonds is 7. The van der Waals surface area contributed by atoms with Crippen molar-refractivity contribution in [1.82, 2.24) is 15.1 Å². The van der Waals surface area contributed by atoms with Crippen molar-refractivity contribution in [2.45, 2.75) is 32.2 Å². The first-order chi connectivity index (χ1) is 12.3. The number of carbonyl (C=O) groups excluding carboxylic acids is 1. The van der Waals surface area contributed by atoms with Gasteiger partial charge in [0, 0.05) is 12.4 Å². The van der Waals surface area contributed by atoms with Crippen molar-refractivity contribution in [2.75, 3.05) is 0 Å². The highest BCUT2D eigenvalue weighted by atomic mass is 16.1. The summed E-state index contributed by atoms with van der Waals surface area (Å²) in [7, 11) is 0. The van der Waals surface area contributed by atoms with Crippen molar-refractivity contribution in [3.8, 4) is 5.69 Å². The Hall–Kier alpha value is -2.88. The minimum absolute atomic E-state index is 0.0501. The predicted molar refractivity (Wildman–Crippen MR) is 99.5 cm³/mol. The molecule has 1 unspecified atom stereocenters. The minimum Gasteiger partial charge on any atom is -0.349 e. The molecule has 128 valence electrons. The fraction of sp³-hybridized carbons (Fsp3) is 0.238. The summed E-state index contributed by atoms with van der Waals surface area (Å²) in [6, 6.07) is 20.0. The van der Waals surface area contributed by atoms with Gasteiger partial charge in [0.1, 0.15) is 0 Å². The second kappa shape index (κ2) is 8.29. The average molecular weight is 333 g/mol. The van der Waals surface area contributed by atoms with Crippen LogP contribution in [0.1, 0.15) is 36.9 Å². The van der Waals surface area contributed by atoms with E-state index in [9.17, 15) is 4.79 Å². The molecule has 0 fully saturated rings. The van der Waals surface area contributed by atoms with Gasteiger partial charge in [0.2, 0.25) is 5.91 Å². The molecule has 2 aromatic carbocycles. The molecule has 0 saturated carbocycles. The molecule has 0 aliphatic heterocycles. The zero-order valence-electron chi connectivity index (χ0n) is 14.4. The van der Waals surface area contributed by atoms with Gasteiger partial charge in [-0.25, -0.2) is 4.68 Å². The second-order valence-corrected chi connectivity index (χ2v) is 6.11. The highest BCUT2D eigenvalue weighted by molar-refractivity contribution is 5.79. The van der Waals surface area contributed by atoms with E-state index in [0.717, 1.165) is 29.7 Å². The molecule has 0 aliphatic rings. The molecule has 0 spiro atoms. The highest BCUT2D eigenvalue weighted by Crippen LogP contribution is 2.18. The van der Waals surface area contributed by atoms with Crippen molar-refractivity contribution in [3.05, 3.63) is 84.2 Å². The number of benzene rings is 2. The third-order valence-corrected chi connectivity index (χ3v) is 4.18. The van der Waals surface area contributed by atoms with Gasteiger partial charge in [-0.3, -0.25) is 4.79 Å². The topological polar surface area (TPSA) is 46.9 Å². The monoisotopic (exact) mass is 333 g/mol. The van der Waals surface area contributed by atoms with E-state index in [-0.39, 0.29) is 11.9 Å². The van der Waals surface area contributed by atoms with Gasteiger partial charge in [-0.2, -0.15) is 5.10 Å². The Bertz CT molecular complexity index is 780. The van der Waals surface area contributed by atoms with E-state index < -0.39 is 0 Å². The third kappa shape index (κ3) is 4.57. The van der Waals surface area contributed by atoms with E-state index in [1.165, 1.54) is 0 Å².